The lowest BCUT2D eigenvalue weighted by molar-refractivity contribution is 0.457. The smallest absolute Gasteiger partial charge is 0.258 e. The minimum absolute atomic E-state index is 0.0637. The Labute approximate surface area is 174 Å². The molecule has 146 valence electrons. The number of hydrogen-bond acceptors (Lipinski definition) is 1. The number of rotatable bonds is 6. The fourth-order valence-electron chi connectivity index (χ4n) is 3.74. The van der Waals surface area contributed by atoms with Gasteiger partial charge in [0.1, 0.15) is 11.6 Å². The monoisotopic (exact) mass is 460 g/mol. The topological polar surface area (TPSA) is 20.2 Å². The molecule has 0 aliphatic rings. The molecule has 0 aliphatic carbocycles. The molecule has 0 saturated carbocycles. The predicted octanol–water partition coefficient (Wildman–Crippen LogP) is 5.19. The standard InChI is InChI=1S/C23H23BrF2OSi/c1-23(2,14-13-20-21(25)15-17(24)16-22(20)26)28(27,18-9-5-3-6-10-18)19-11-7-4-8-12-19/h3-12,15-16,27H,13-14H2,1-2H3. The molecule has 0 aliphatic heterocycles. The van der Waals surface area contributed by atoms with Crippen molar-refractivity contribution < 1.29 is 13.6 Å². The second-order valence-corrected chi connectivity index (χ2v) is 12.5. The molecular weight excluding hydrogens is 438 g/mol. The fourth-order valence-corrected chi connectivity index (χ4v) is 7.87. The van der Waals surface area contributed by atoms with Crippen LogP contribution < -0.4 is 10.4 Å². The predicted molar refractivity (Wildman–Crippen MR) is 117 cm³/mol. The van der Waals surface area contributed by atoms with Crippen LogP contribution in [0.4, 0.5) is 8.78 Å². The lowest BCUT2D eigenvalue weighted by Crippen LogP contribution is -2.65. The van der Waals surface area contributed by atoms with Crippen LogP contribution in [0.1, 0.15) is 25.8 Å². The summed E-state index contributed by atoms with van der Waals surface area (Å²) in [7, 11) is -3.18. The number of benzene rings is 3. The molecule has 1 N–H and O–H groups in total. The van der Waals surface area contributed by atoms with Crippen LogP contribution in [0.3, 0.4) is 0 Å². The highest BCUT2D eigenvalue weighted by atomic mass is 79.9. The third-order valence-electron chi connectivity index (χ3n) is 5.47. The second-order valence-electron chi connectivity index (χ2n) is 7.67. The molecule has 0 heterocycles. The van der Waals surface area contributed by atoms with Gasteiger partial charge in [-0.3, -0.25) is 0 Å². The van der Waals surface area contributed by atoms with Gasteiger partial charge in [-0.15, -0.1) is 0 Å². The highest BCUT2D eigenvalue weighted by molar-refractivity contribution is 9.10. The Morgan fingerprint density at radius 1 is 0.857 bits per heavy atom. The number of halogens is 3. The molecule has 0 unspecified atom stereocenters. The highest BCUT2D eigenvalue weighted by Crippen LogP contribution is 2.40. The summed E-state index contributed by atoms with van der Waals surface area (Å²) in [5.41, 5.74) is 0.0637. The van der Waals surface area contributed by atoms with Crippen LogP contribution in [0, 0.1) is 11.6 Å². The van der Waals surface area contributed by atoms with Crippen molar-refractivity contribution in [1.29, 1.82) is 0 Å². The maximum Gasteiger partial charge on any atom is 0.258 e. The maximum atomic E-state index is 14.3. The molecule has 3 rings (SSSR count). The Kier molecular flexibility index (Phi) is 6.17. The van der Waals surface area contributed by atoms with Gasteiger partial charge in [0.15, 0.2) is 0 Å². The Morgan fingerprint density at radius 3 is 1.71 bits per heavy atom. The molecule has 28 heavy (non-hydrogen) atoms. The van der Waals surface area contributed by atoms with Crippen molar-refractivity contribution in [2.75, 3.05) is 0 Å². The molecule has 3 aromatic carbocycles. The summed E-state index contributed by atoms with van der Waals surface area (Å²) in [6.07, 6.45) is 0.669. The van der Waals surface area contributed by atoms with Crippen molar-refractivity contribution in [3.8, 4) is 0 Å². The molecule has 3 aromatic rings. The fraction of sp³-hybridized carbons (Fsp3) is 0.217. The lowest BCUT2D eigenvalue weighted by atomic mass is 10.0. The number of hydrogen-bond donors (Lipinski definition) is 1. The van der Waals surface area contributed by atoms with Crippen molar-refractivity contribution in [2.24, 2.45) is 0 Å². The summed E-state index contributed by atoms with van der Waals surface area (Å²) in [6, 6.07) is 21.9. The highest BCUT2D eigenvalue weighted by Gasteiger charge is 2.49. The van der Waals surface area contributed by atoms with Gasteiger partial charge in [0.25, 0.3) is 8.32 Å². The van der Waals surface area contributed by atoms with Crippen LogP contribution in [-0.2, 0) is 6.42 Å². The Bertz CT molecular complexity index is 883. The van der Waals surface area contributed by atoms with Gasteiger partial charge in [-0.25, -0.2) is 8.78 Å². The molecule has 0 amide bonds. The molecule has 0 bridgehead atoms. The van der Waals surface area contributed by atoms with E-state index in [1.807, 2.05) is 74.5 Å². The van der Waals surface area contributed by atoms with Gasteiger partial charge in [0.2, 0.25) is 0 Å². The zero-order chi connectivity index (χ0) is 20.4. The van der Waals surface area contributed by atoms with Crippen LogP contribution in [0.5, 0.6) is 0 Å². The molecule has 0 aromatic heterocycles. The van der Waals surface area contributed by atoms with Crippen LogP contribution in [0.2, 0.25) is 5.04 Å². The summed E-state index contributed by atoms with van der Waals surface area (Å²) in [5.74, 6) is -1.13. The van der Waals surface area contributed by atoms with Crippen LogP contribution in [-0.4, -0.2) is 13.1 Å². The van der Waals surface area contributed by atoms with E-state index in [-0.39, 0.29) is 12.0 Å². The van der Waals surface area contributed by atoms with E-state index in [0.29, 0.717) is 10.9 Å². The molecule has 0 atom stereocenters. The maximum absolute atomic E-state index is 14.3. The van der Waals surface area contributed by atoms with Crippen molar-refractivity contribution in [2.45, 2.75) is 31.7 Å². The Balaban J connectivity index is 2.00. The summed E-state index contributed by atoms with van der Waals surface area (Å²) in [4.78, 5) is 12.1. The molecule has 0 saturated heterocycles. The lowest BCUT2D eigenvalue weighted by Gasteiger charge is -2.41. The van der Waals surface area contributed by atoms with E-state index >= 15 is 0 Å². The summed E-state index contributed by atoms with van der Waals surface area (Å²) in [5, 5.41) is 1.23. The third kappa shape index (κ3) is 3.97. The third-order valence-corrected chi connectivity index (χ3v) is 10.5. The summed E-state index contributed by atoms with van der Waals surface area (Å²) < 4.78 is 29.0. The zero-order valence-corrected chi connectivity index (χ0v) is 18.5. The minimum atomic E-state index is -3.18. The minimum Gasteiger partial charge on any atom is -0.424 e. The molecule has 0 fully saturated rings. The summed E-state index contributed by atoms with van der Waals surface area (Å²) in [6.45, 7) is 3.99. The largest absolute Gasteiger partial charge is 0.424 e. The Hall–Kier alpha value is -1.82. The van der Waals surface area contributed by atoms with Crippen molar-refractivity contribution >= 4 is 34.6 Å². The average molecular weight is 461 g/mol. The summed E-state index contributed by atoms with van der Waals surface area (Å²) >= 11 is 3.12. The van der Waals surface area contributed by atoms with Gasteiger partial charge >= 0.3 is 0 Å². The molecule has 0 spiro atoms. The van der Waals surface area contributed by atoms with E-state index in [0.717, 1.165) is 10.4 Å². The average Bonchev–Trinajstić information content (AvgIpc) is 2.67. The van der Waals surface area contributed by atoms with Crippen LogP contribution >= 0.6 is 15.9 Å². The Morgan fingerprint density at radius 2 is 1.29 bits per heavy atom. The van der Waals surface area contributed by atoms with Gasteiger partial charge in [-0.05, 0) is 40.4 Å². The second kappa shape index (κ2) is 8.27. The van der Waals surface area contributed by atoms with Crippen molar-refractivity contribution in [3.63, 3.8) is 0 Å². The van der Waals surface area contributed by atoms with E-state index in [1.54, 1.807) is 0 Å². The first-order valence-corrected chi connectivity index (χ1v) is 12.0. The van der Waals surface area contributed by atoms with Gasteiger partial charge in [0.05, 0.1) is 0 Å². The van der Waals surface area contributed by atoms with E-state index in [4.69, 9.17) is 0 Å². The van der Waals surface area contributed by atoms with Crippen molar-refractivity contribution in [3.05, 3.63) is 94.5 Å². The molecule has 1 nitrogen and oxygen atoms in total. The quantitative estimate of drug-likeness (QED) is 0.501. The van der Waals surface area contributed by atoms with E-state index in [2.05, 4.69) is 15.9 Å². The molecule has 5 heteroatoms. The molecule has 0 radical (unpaired) electrons. The van der Waals surface area contributed by atoms with Gasteiger partial charge in [-0.1, -0.05) is 90.4 Å². The van der Waals surface area contributed by atoms with E-state index in [9.17, 15) is 13.6 Å². The first-order valence-electron chi connectivity index (χ1n) is 9.22. The van der Waals surface area contributed by atoms with Gasteiger partial charge < -0.3 is 4.80 Å². The van der Waals surface area contributed by atoms with Crippen LogP contribution in [0.25, 0.3) is 0 Å². The van der Waals surface area contributed by atoms with Gasteiger partial charge in [-0.2, -0.15) is 0 Å². The van der Waals surface area contributed by atoms with Crippen molar-refractivity contribution in [1.82, 2.24) is 0 Å². The zero-order valence-electron chi connectivity index (χ0n) is 15.9. The van der Waals surface area contributed by atoms with E-state index < -0.39 is 25.0 Å². The SMILES string of the molecule is CC(C)(CCc1c(F)cc(Br)cc1F)[Si](O)(c1ccccc1)c1ccccc1. The van der Waals surface area contributed by atoms with Crippen LogP contribution in [0.15, 0.2) is 77.3 Å². The first-order chi connectivity index (χ1) is 13.3. The normalized spacial score (nSPS) is 12.2. The first kappa shape index (κ1) is 20.9. The van der Waals surface area contributed by atoms with E-state index in [1.165, 1.54) is 12.1 Å². The van der Waals surface area contributed by atoms with Gasteiger partial charge in [0, 0.05) is 10.0 Å². The molecular formula is C23H23BrF2OSi.